The van der Waals surface area contributed by atoms with Crippen molar-refractivity contribution in [2.75, 3.05) is 0 Å². The van der Waals surface area contributed by atoms with Crippen LogP contribution >= 0.6 is 0 Å². The van der Waals surface area contributed by atoms with Gasteiger partial charge in [0, 0.05) is 19.2 Å². The summed E-state index contributed by atoms with van der Waals surface area (Å²) in [4.78, 5) is 7.85. The Hall–Kier alpha value is -3.98. The lowest BCUT2D eigenvalue weighted by atomic mass is 10.1. The normalized spacial score (nSPS) is 11.4. The summed E-state index contributed by atoms with van der Waals surface area (Å²) in [5, 5.41) is 23.2. The third-order valence-electron chi connectivity index (χ3n) is 4.86. The summed E-state index contributed by atoms with van der Waals surface area (Å²) in [5.74, 6) is 0.617. The molecule has 0 saturated heterocycles. The van der Waals surface area contributed by atoms with Crippen molar-refractivity contribution >= 4 is 11.0 Å². The highest BCUT2D eigenvalue weighted by atomic mass is 16.3. The minimum atomic E-state index is 0.0686. The molecule has 0 aliphatic rings. The van der Waals surface area contributed by atoms with Crippen LogP contribution in [0, 0.1) is 0 Å². The number of hydrogen-bond acceptors (Lipinski definition) is 6. The summed E-state index contributed by atoms with van der Waals surface area (Å²) in [6, 6.07) is 13.4. The number of aryl methyl sites for hydroxylation is 1. The number of fused-ring (bicyclic) bond motifs is 1. The molecule has 2 aromatic carbocycles. The number of hydrogen-bond donors (Lipinski definition) is 3. The van der Waals surface area contributed by atoms with Crippen LogP contribution in [-0.2, 0) is 13.6 Å². The first-order chi connectivity index (χ1) is 14.1. The molecule has 9 nitrogen and oxygen atoms in total. The van der Waals surface area contributed by atoms with Crippen molar-refractivity contribution in [2.45, 2.75) is 6.54 Å². The molecule has 0 fully saturated rings. The van der Waals surface area contributed by atoms with E-state index in [1.165, 1.54) is 0 Å². The summed E-state index contributed by atoms with van der Waals surface area (Å²) < 4.78 is 3.29. The Morgan fingerprint density at radius 1 is 1.14 bits per heavy atom. The molecule has 3 heterocycles. The SMILES string of the molecule is Cn1nc(-c2ccc(-n3ccnn3)cc2)c(O)c1-c1nc2ccc(CN)cc2[nH]1. The topological polar surface area (TPSA) is 123 Å². The van der Waals surface area contributed by atoms with Gasteiger partial charge in [0.05, 0.1) is 29.1 Å². The van der Waals surface area contributed by atoms with Crippen LogP contribution < -0.4 is 5.73 Å². The first kappa shape index (κ1) is 17.1. The number of benzene rings is 2. The maximum atomic E-state index is 10.9. The van der Waals surface area contributed by atoms with Gasteiger partial charge in [0.25, 0.3) is 0 Å². The predicted molar refractivity (Wildman–Crippen MR) is 108 cm³/mol. The van der Waals surface area contributed by atoms with Crippen molar-refractivity contribution in [3.05, 3.63) is 60.4 Å². The standard InChI is InChI=1S/C20H18N8O/c1-27-18(20-23-15-7-2-12(11-21)10-16(15)24-20)19(29)17(25-27)13-3-5-14(6-4-13)28-9-8-22-26-28/h2-10,29H,11,21H2,1H3,(H,23,24). The van der Waals surface area contributed by atoms with Crippen LogP contribution in [0.15, 0.2) is 54.9 Å². The zero-order valence-electron chi connectivity index (χ0n) is 15.6. The van der Waals surface area contributed by atoms with Crippen molar-refractivity contribution in [1.82, 2.24) is 34.7 Å². The van der Waals surface area contributed by atoms with Gasteiger partial charge in [0.15, 0.2) is 11.6 Å². The van der Waals surface area contributed by atoms with Crippen LogP contribution in [0.3, 0.4) is 0 Å². The number of nitrogens with two attached hydrogens (primary N) is 1. The van der Waals surface area contributed by atoms with Crippen LogP contribution in [-0.4, -0.2) is 39.8 Å². The number of aromatic hydroxyl groups is 1. The molecular weight excluding hydrogens is 368 g/mol. The quantitative estimate of drug-likeness (QED) is 0.436. The van der Waals surface area contributed by atoms with E-state index in [2.05, 4.69) is 25.4 Å². The molecule has 5 rings (SSSR count). The monoisotopic (exact) mass is 386 g/mol. The lowest BCUT2D eigenvalue weighted by Gasteiger charge is -2.02. The Bertz CT molecular complexity index is 1300. The molecule has 0 spiro atoms. The van der Waals surface area contributed by atoms with Crippen LogP contribution in [0.5, 0.6) is 5.75 Å². The van der Waals surface area contributed by atoms with Crippen LogP contribution in [0.1, 0.15) is 5.56 Å². The Morgan fingerprint density at radius 3 is 2.69 bits per heavy atom. The second-order valence-corrected chi connectivity index (χ2v) is 6.70. The molecule has 29 heavy (non-hydrogen) atoms. The van der Waals surface area contributed by atoms with Gasteiger partial charge >= 0.3 is 0 Å². The molecule has 0 unspecified atom stereocenters. The van der Waals surface area contributed by atoms with Gasteiger partial charge in [-0.15, -0.1) is 5.10 Å². The number of H-pyrrole nitrogens is 1. The second kappa shape index (κ2) is 6.57. The molecule has 4 N–H and O–H groups in total. The zero-order valence-corrected chi connectivity index (χ0v) is 15.6. The lowest BCUT2D eigenvalue weighted by Crippen LogP contribution is -1.95. The van der Waals surface area contributed by atoms with E-state index in [-0.39, 0.29) is 5.75 Å². The molecule has 144 valence electrons. The first-order valence-corrected chi connectivity index (χ1v) is 9.06. The highest BCUT2D eigenvalue weighted by Gasteiger charge is 2.21. The highest BCUT2D eigenvalue weighted by molar-refractivity contribution is 5.83. The van der Waals surface area contributed by atoms with Gasteiger partial charge in [0.2, 0.25) is 0 Å². The fraction of sp³-hybridized carbons (Fsp3) is 0.100. The van der Waals surface area contributed by atoms with Gasteiger partial charge in [0.1, 0.15) is 11.4 Å². The molecule has 0 aliphatic carbocycles. The van der Waals surface area contributed by atoms with Gasteiger partial charge in [-0.25, -0.2) is 9.67 Å². The van der Waals surface area contributed by atoms with Gasteiger partial charge in [-0.1, -0.05) is 23.4 Å². The third-order valence-corrected chi connectivity index (χ3v) is 4.86. The molecule has 9 heteroatoms. The molecule has 0 radical (unpaired) electrons. The van der Waals surface area contributed by atoms with E-state index < -0.39 is 0 Å². The van der Waals surface area contributed by atoms with E-state index in [9.17, 15) is 5.11 Å². The van der Waals surface area contributed by atoms with Crippen LogP contribution in [0.25, 0.3) is 39.5 Å². The zero-order chi connectivity index (χ0) is 20.0. The van der Waals surface area contributed by atoms with E-state index in [0.29, 0.717) is 23.8 Å². The third kappa shape index (κ3) is 2.84. The van der Waals surface area contributed by atoms with E-state index >= 15 is 0 Å². The van der Waals surface area contributed by atoms with Gasteiger partial charge < -0.3 is 15.8 Å². The summed E-state index contributed by atoms with van der Waals surface area (Å²) >= 11 is 0. The van der Waals surface area contributed by atoms with Crippen LogP contribution in [0.2, 0.25) is 0 Å². The number of imidazole rings is 1. The number of rotatable bonds is 4. The number of aromatic nitrogens is 7. The Morgan fingerprint density at radius 2 is 1.97 bits per heavy atom. The highest BCUT2D eigenvalue weighted by Crippen LogP contribution is 2.37. The molecular formula is C20H18N8O. The fourth-order valence-corrected chi connectivity index (χ4v) is 3.39. The summed E-state index contributed by atoms with van der Waals surface area (Å²) in [5.41, 5.74) is 11.1. The van der Waals surface area contributed by atoms with Crippen molar-refractivity contribution < 1.29 is 5.11 Å². The van der Waals surface area contributed by atoms with Crippen molar-refractivity contribution in [2.24, 2.45) is 12.8 Å². The van der Waals surface area contributed by atoms with E-state index in [4.69, 9.17) is 5.73 Å². The lowest BCUT2D eigenvalue weighted by molar-refractivity contribution is 0.478. The number of nitrogens with zero attached hydrogens (tertiary/aromatic N) is 6. The Kier molecular flexibility index (Phi) is 3.88. The van der Waals surface area contributed by atoms with Gasteiger partial charge in [-0.05, 0) is 29.8 Å². The molecule has 0 bridgehead atoms. The second-order valence-electron chi connectivity index (χ2n) is 6.70. The predicted octanol–water partition coefficient (Wildman–Crippen LogP) is 2.38. The van der Waals surface area contributed by atoms with E-state index in [1.807, 2.05) is 42.5 Å². The molecule has 0 amide bonds. The van der Waals surface area contributed by atoms with Crippen molar-refractivity contribution in [3.63, 3.8) is 0 Å². The summed E-state index contributed by atoms with van der Waals surface area (Å²) in [6.45, 7) is 0.454. The minimum Gasteiger partial charge on any atom is -0.504 e. The Balaban J connectivity index is 1.55. The maximum Gasteiger partial charge on any atom is 0.173 e. The largest absolute Gasteiger partial charge is 0.504 e. The minimum absolute atomic E-state index is 0.0686. The summed E-state index contributed by atoms with van der Waals surface area (Å²) in [7, 11) is 1.78. The Labute approximate surface area is 165 Å². The first-order valence-electron chi connectivity index (χ1n) is 9.06. The molecule has 0 atom stereocenters. The van der Waals surface area contributed by atoms with E-state index in [1.54, 1.807) is 28.8 Å². The molecule has 0 aliphatic heterocycles. The number of aromatic amines is 1. The van der Waals surface area contributed by atoms with E-state index in [0.717, 1.165) is 27.8 Å². The maximum absolute atomic E-state index is 10.9. The van der Waals surface area contributed by atoms with Gasteiger partial charge in [-0.3, -0.25) is 4.68 Å². The van der Waals surface area contributed by atoms with Crippen molar-refractivity contribution in [1.29, 1.82) is 0 Å². The number of nitrogens with one attached hydrogen (secondary N) is 1. The molecule has 3 aromatic heterocycles. The van der Waals surface area contributed by atoms with Crippen LogP contribution in [0.4, 0.5) is 0 Å². The molecule has 5 aromatic rings. The summed E-state index contributed by atoms with van der Waals surface area (Å²) in [6.07, 6.45) is 3.39. The fourth-order valence-electron chi connectivity index (χ4n) is 3.39. The van der Waals surface area contributed by atoms with Crippen molar-refractivity contribution in [3.8, 4) is 34.2 Å². The van der Waals surface area contributed by atoms with Gasteiger partial charge in [-0.2, -0.15) is 5.10 Å². The average molecular weight is 386 g/mol. The average Bonchev–Trinajstić information content (AvgIpc) is 3.46. The molecule has 0 saturated carbocycles. The smallest absolute Gasteiger partial charge is 0.173 e.